The lowest BCUT2D eigenvalue weighted by molar-refractivity contribution is 0.0585. The molecule has 1 aromatic rings. The highest BCUT2D eigenvalue weighted by molar-refractivity contribution is 5.99. The summed E-state index contributed by atoms with van der Waals surface area (Å²) in [6.07, 6.45) is 0.462. The smallest absolute Gasteiger partial charge is 0.415 e. The van der Waals surface area contributed by atoms with Gasteiger partial charge >= 0.3 is 12.1 Å². The van der Waals surface area contributed by atoms with Gasteiger partial charge in [-0.25, -0.2) is 14.6 Å². The van der Waals surface area contributed by atoms with Gasteiger partial charge < -0.3 is 14.6 Å². The largest absolute Gasteiger partial charge is 0.506 e. The molecule has 20 heavy (non-hydrogen) atoms. The summed E-state index contributed by atoms with van der Waals surface area (Å²) in [5, 5.41) is 9.38. The molecule has 0 fully saturated rings. The molecule has 0 aromatic carbocycles. The first-order valence-corrected chi connectivity index (χ1v) is 5.89. The molecule has 7 heteroatoms. The number of nitrogens with zero attached hydrogens (tertiary/aromatic N) is 2. The van der Waals surface area contributed by atoms with Crippen molar-refractivity contribution < 1.29 is 24.2 Å². The van der Waals surface area contributed by atoms with Crippen LogP contribution in [0, 0.1) is 0 Å². The second kappa shape index (κ2) is 5.77. The number of hydrogen-bond donors (Lipinski definition) is 1. The third-order valence-corrected chi connectivity index (χ3v) is 2.24. The van der Waals surface area contributed by atoms with E-state index in [1.807, 2.05) is 0 Å². The van der Waals surface area contributed by atoms with Crippen LogP contribution in [-0.4, -0.2) is 41.9 Å². The Balaban J connectivity index is 3.12. The molecule has 1 N–H and O–H groups in total. The predicted octanol–water partition coefficient (Wildman–Crippen LogP) is 1.95. The van der Waals surface area contributed by atoms with Crippen LogP contribution in [0.15, 0.2) is 12.3 Å². The van der Waals surface area contributed by atoms with Gasteiger partial charge in [-0.2, -0.15) is 0 Å². The number of methoxy groups -OCH3 is 1. The minimum atomic E-state index is -0.709. The van der Waals surface area contributed by atoms with E-state index in [1.165, 1.54) is 20.2 Å². The van der Waals surface area contributed by atoms with Gasteiger partial charge in [-0.1, -0.05) is 0 Å². The van der Waals surface area contributed by atoms with Crippen LogP contribution >= 0.6 is 0 Å². The first-order chi connectivity index (χ1) is 9.15. The van der Waals surface area contributed by atoms with E-state index in [2.05, 4.69) is 9.72 Å². The Morgan fingerprint density at radius 2 is 1.95 bits per heavy atom. The molecule has 0 aliphatic heterocycles. The lowest BCUT2D eigenvalue weighted by Crippen LogP contribution is -2.35. The first kappa shape index (κ1) is 15.7. The molecule has 0 saturated carbocycles. The van der Waals surface area contributed by atoms with Gasteiger partial charge in [-0.3, -0.25) is 4.90 Å². The van der Waals surface area contributed by atoms with E-state index in [4.69, 9.17) is 4.74 Å². The molecule has 0 radical (unpaired) electrons. The van der Waals surface area contributed by atoms with Crippen molar-refractivity contribution in [1.29, 1.82) is 0 Å². The van der Waals surface area contributed by atoms with Crippen molar-refractivity contribution in [3.05, 3.63) is 17.8 Å². The molecule has 0 bridgehead atoms. The minimum Gasteiger partial charge on any atom is -0.506 e. The van der Waals surface area contributed by atoms with Crippen molar-refractivity contribution in [3.63, 3.8) is 0 Å². The Kier molecular flexibility index (Phi) is 4.54. The van der Waals surface area contributed by atoms with Gasteiger partial charge in [0, 0.05) is 7.05 Å². The molecule has 0 saturated heterocycles. The fourth-order valence-electron chi connectivity index (χ4n) is 1.39. The number of carbonyl (C=O) groups excluding carboxylic acids is 2. The number of carbonyl (C=O) groups is 2. The van der Waals surface area contributed by atoms with Gasteiger partial charge in [-0.05, 0) is 26.8 Å². The molecular weight excluding hydrogens is 264 g/mol. The standard InChI is InChI=1S/C13H18N2O5/c1-13(2,3)20-12(18)15(4)10-9(11(17)19-5)6-8(16)7-14-10/h6-7,16H,1-5H3. The van der Waals surface area contributed by atoms with E-state index in [0.717, 1.165) is 11.1 Å². The molecular formula is C13H18N2O5. The van der Waals surface area contributed by atoms with Crippen molar-refractivity contribution in [1.82, 2.24) is 4.98 Å². The van der Waals surface area contributed by atoms with Crippen LogP contribution in [0.25, 0.3) is 0 Å². The van der Waals surface area contributed by atoms with Crippen molar-refractivity contribution in [2.75, 3.05) is 19.1 Å². The molecule has 1 amide bonds. The number of esters is 1. The molecule has 1 aromatic heterocycles. The van der Waals surface area contributed by atoms with Crippen LogP contribution < -0.4 is 4.90 Å². The van der Waals surface area contributed by atoms with Gasteiger partial charge in [0.25, 0.3) is 0 Å². The Labute approximate surface area is 117 Å². The van der Waals surface area contributed by atoms with E-state index in [9.17, 15) is 14.7 Å². The summed E-state index contributed by atoms with van der Waals surface area (Å²) in [5.41, 5.74) is -0.700. The maximum absolute atomic E-state index is 12.0. The number of amides is 1. The van der Waals surface area contributed by atoms with E-state index >= 15 is 0 Å². The second-order valence-corrected chi connectivity index (χ2v) is 5.10. The molecule has 1 rings (SSSR count). The van der Waals surface area contributed by atoms with Crippen LogP contribution in [0.3, 0.4) is 0 Å². The maximum Gasteiger partial charge on any atom is 0.415 e. The van der Waals surface area contributed by atoms with Crippen LogP contribution in [0.2, 0.25) is 0 Å². The summed E-state index contributed by atoms with van der Waals surface area (Å²) >= 11 is 0. The molecule has 7 nitrogen and oxygen atoms in total. The van der Waals surface area contributed by atoms with Gasteiger partial charge in [-0.15, -0.1) is 0 Å². The monoisotopic (exact) mass is 282 g/mol. The van der Waals surface area contributed by atoms with Gasteiger partial charge in [0.1, 0.15) is 16.9 Å². The zero-order valence-corrected chi connectivity index (χ0v) is 12.1. The molecule has 0 unspecified atom stereocenters. The average Bonchev–Trinajstić information content (AvgIpc) is 2.34. The summed E-state index contributed by atoms with van der Waals surface area (Å²) in [4.78, 5) is 28.6. The van der Waals surface area contributed by atoms with E-state index < -0.39 is 17.7 Å². The lowest BCUT2D eigenvalue weighted by Gasteiger charge is -2.24. The normalized spacial score (nSPS) is 10.8. The summed E-state index contributed by atoms with van der Waals surface area (Å²) in [6, 6.07) is 1.18. The van der Waals surface area contributed by atoms with E-state index in [0.29, 0.717) is 0 Å². The molecule has 110 valence electrons. The molecule has 1 heterocycles. The van der Waals surface area contributed by atoms with Gasteiger partial charge in [0.15, 0.2) is 5.82 Å². The van der Waals surface area contributed by atoms with Crippen molar-refractivity contribution in [2.45, 2.75) is 26.4 Å². The van der Waals surface area contributed by atoms with Crippen LogP contribution in [0.4, 0.5) is 10.6 Å². The Morgan fingerprint density at radius 1 is 1.35 bits per heavy atom. The highest BCUT2D eigenvalue weighted by Crippen LogP contribution is 2.23. The first-order valence-electron chi connectivity index (χ1n) is 5.89. The zero-order valence-electron chi connectivity index (χ0n) is 12.1. The van der Waals surface area contributed by atoms with Crippen LogP contribution in [0.1, 0.15) is 31.1 Å². The van der Waals surface area contributed by atoms with Crippen molar-refractivity contribution in [3.8, 4) is 5.75 Å². The Hall–Kier alpha value is -2.31. The number of hydrogen-bond acceptors (Lipinski definition) is 6. The third-order valence-electron chi connectivity index (χ3n) is 2.24. The van der Waals surface area contributed by atoms with E-state index in [-0.39, 0.29) is 17.1 Å². The SMILES string of the molecule is COC(=O)c1cc(O)cnc1N(C)C(=O)OC(C)(C)C. The number of ether oxygens (including phenoxy) is 2. The lowest BCUT2D eigenvalue weighted by atomic mass is 10.2. The van der Waals surface area contributed by atoms with E-state index in [1.54, 1.807) is 20.8 Å². The average molecular weight is 282 g/mol. The number of aromatic nitrogens is 1. The second-order valence-electron chi connectivity index (χ2n) is 5.10. The predicted molar refractivity (Wildman–Crippen MR) is 71.9 cm³/mol. The molecule has 0 aliphatic rings. The third kappa shape index (κ3) is 3.84. The highest BCUT2D eigenvalue weighted by atomic mass is 16.6. The summed E-state index contributed by atoms with van der Waals surface area (Å²) in [5.74, 6) is -0.866. The fourth-order valence-corrected chi connectivity index (χ4v) is 1.39. The summed E-state index contributed by atoms with van der Waals surface area (Å²) in [7, 11) is 2.61. The van der Waals surface area contributed by atoms with Crippen molar-refractivity contribution >= 4 is 17.9 Å². The quantitative estimate of drug-likeness (QED) is 0.834. The topological polar surface area (TPSA) is 89.0 Å². The highest BCUT2D eigenvalue weighted by Gasteiger charge is 2.25. The Bertz CT molecular complexity index is 522. The molecule has 0 spiro atoms. The van der Waals surface area contributed by atoms with Crippen LogP contribution in [0.5, 0.6) is 5.75 Å². The maximum atomic E-state index is 12.0. The Morgan fingerprint density at radius 3 is 2.45 bits per heavy atom. The van der Waals surface area contributed by atoms with Gasteiger partial charge in [0.2, 0.25) is 0 Å². The number of aromatic hydroxyl groups is 1. The summed E-state index contributed by atoms with van der Waals surface area (Å²) < 4.78 is 9.78. The zero-order chi connectivity index (χ0) is 15.5. The number of rotatable bonds is 2. The minimum absolute atomic E-state index is 0.0270. The fraction of sp³-hybridized carbons (Fsp3) is 0.462. The summed E-state index contributed by atoms with van der Waals surface area (Å²) in [6.45, 7) is 5.18. The molecule has 0 aliphatic carbocycles. The molecule has 0 atom stereocenters. The van der Waals surface area contributed by atoms with Gasteiger partial charge in [0.05, 0.1) is 13.3 Å². The number of pyridine rings is 1. The van der Waals surface area contributed by atoms with Crippen LogP contribution in [-0.2, 0) is 9.47 Å². The number of anilines is 1. The van der Waals surface area contributed by atoms with Crippen molar-refractivity contribution in [2.24, 2.45) is 0 Å².